The summed E-state index contributed by atoms with van der Waals surface area (Å²) in [5.41, 5.74) is 12.3. The second kappa shape index (κ2) is 5.67. The first kappa shape index (κ1) is 14.6. The number of hydrogen-bond donors (Lipinski definition) is 2. The summed E-state index contributed by atoms with van der Waals surface area (Å²) < 4.78 is 0. The van der Waals surface area contributed by atoms with E-state index in [1.54, 1.807) is 12.4 Å². The molecule has 0 saturated carbocycles. The van der Waals surface area contributed by atoms with Gasteiger partial charge in [-0.25, -0.2) is 0 Å². The fourth-order valence-corrected chi connectivity index (χ4v) is 3.32. The summed E-state index contributed by atoms with van der Waals surface area (Å²) in [5, 5.41) is 9.05. The molecule has 5 rings (SSSR count). The molecule has 3 heterocycles. The van der Waals surface area contributed by atoms with E-state index in [4.69, 9.17) is 5.73 Å². The van der Waals surface area contributed by atoms with E-state index in [0.29, 0.717) is 5.82 Å². The molecule has 5 nitrogen and oxygen atoms in total. The van der Waals surface area contributed by atoms with E-state index in [2.05, 4.69) is 50.5 Å². The number of hydrogen-bond acceptors (Lipinski definition) is 4. The number of nitrogens with two attached hydrogens (primary N) is 1. The van der Waals surface area contributed by atoms with Crippen molar-refractivity contribution in [1.82, 2.24) is 20.2 Å². The Morgan fingerprint density at radius 2 is 1.50 bits per heavy atom. The molecule has 2 aromatic carbocycles. The van der Waals surface area contributed by atoms with Gasteiger partial charge in [-0.1, -0.05) is 12.1 Å². The Balaban J connectivity index is 1.72. The van der Waals surface area contributed by atoms with Gasteiger partial charge in [0.2, 0.25) is 0 Å². The maximum absolute atomic E-state index is 5.96. The van der Waals surface area contributed by atoms with E-state index in [1.807, 2.05) is 30.5 Å². The van der Waals surface area contributed by atoms with Crippen LogP contribution in [0.1, 0.15) is 0 Å². The summed E-state index contributed by atoms with van der Waals surface area (Å²) >= 11 is 0. The molecule has 26 heavy (non-hydrogen) atoms. The molecule has 0 aliphatic carbocycles. The van der Waals surface area contributed by atoms with Crippen molar-refractivity contribution in [3.63, 3.8) is 0 Å². The average Bonchev–Trinajstić information content (AvgIpc) is 3.08. The van der Waals surface area contributed by atoms with Crippen molar-refractivity contribution >= 4 is 27.6 Å². The molecular weight excluding hydrogens is 322 g/mol. The molecule has 124 valence electrons. The third kappa shape index (κ3) is 2.29. The van der Waals surface area contributed by atoms with Gasteiger partial charge in [-0.3, -0.25) is 15.1 Å². The minimum atomic E-state index is 0.516. The number of benzene rings is 2. The number of fused-ring (bicyclic) bond motifs is 2. The Bertz CT molecular complexity index is 1240. The van der Waals surface area contributed by atoms with Crippen molar-refractivity contribution in [3.05, 3.63) is 73.2 Å². The van der Waals surface area contributed by atoms with E-state index in [-0.39, 0.29) is 0 Å². The molecule has 5 aromatic rings. The first-order valence-electron chi connectivity index (χ1n) is 8.33. The number of nitrogen functional groups attached to an aromatic ring is 1. The number of aromatic amines is 1. The molecule has 3 N–H and O–H groups in total. The number of rotatable bonds is 2. The van der Waals surface area contributed by atoms with Gasteiger partial charge in [0.1, 0.15) is 0 Å². The van der Waals surface area contributed by atoms with Gasteiger partial charge in [-0.2, -0.15) is 5.10 Å². The highest BCUT2D eigenvalue weighted by Crippen LogP contribution is 2.32. The number of H-pyrrole nitrogens is 1. The predicted molar refractivity (Wildman–Crippen MR) is 104 cm³/mol. The van der Waals surface area contributed by atoms with Crippen molar-refractivity contribution in [3.8, 4) is 22.3 Å². The van der Waals surface area contributed by atoms with E-state index < -0.39 is 0 Å². The van der Waals surface area contributed by atoms with Crippen molar-refractivity contribution in [1.29, 1.82) is 0 Å². The number of anilines is 1. The lowest BCUT2D eigenvalue weighted by Gasteiger charge is -2.09. The zero-order valence-corrected chi connectivity index (χ0v) is 13.8. The Kier molecular flexibility index (Phi) is 3.18. The van der Waals surface area contributed by atoms with Crippen LogP contribution in [0.15, 0.2) is 73.2 Å². The number of aromatic nitrogens is 4. The fourth-order valence-electron chi connectivity index (χ4n) is 3.32. The quantitative estimate of drug-likeness (QED) is 0.499. The summed E-state index contributed by atoms with van der Waals surface area (Å²) in [6, 6.07) is 18.5. The van der Waals surface area contributed by atoms with Crippen molar-refractivity contribution in [2.75, 3.05) is 5.73 Å². The smallest absolute Gasteiger partial charge is 0.153 e. The van der Waals surface area contributed by atoms with Crippen LogP contribution in [0.25, 0.3) is 44.1 Å². The molecule has 0 spiro atoms. The van der Waals surface area contributed by atoms with Gasteiger partial charge < -0.3 is 5.73 Å². The molecule has 0 atom stereocenters. The molecule has 0 bridgehead atoms. The highest BCUT2D eigenvalue weighted by molar-refractivity contribution is 5.98. The summed E-state index contributed by atoms with van der Waals surface area (Å²) in [4.78, 5) is 8.62. The summed E-state index contributed by atoms with van der Waals surface area (Å²) in [7, 11) is 0. The molecule has 0 unspecified atom stereocenters. The molecule has 0 fully saturated rings. The van der Waals surface area contributed by atoms with Crippen molar-refractivity contribution in [2.45, 2.75) is 0 Å². The van der Waals surface area contributed by atoms with E-state index in [1.165, 1.54) is 0 Å². The number of pyridine rings is 2. The molecule has 3 aromatic heterocycles. The first-order chi connectivity index (χ1) is 12.8. The van der Waals surface area contributed by atoms with Gasteiger partial charge in [0.15, 0.2) is 5.82 Å². The van der Waals surface area contributed by atoms with Gasteiger partial charge in [0.25, 0.3) is 0 Å². The monoisotopic (exact) mass is 337 g/mol. The standard InChI is InChI=1S/C21H15N5/c22-21-18-12-15(2-4-20(18)25-26-21)14-1-3-19-17(11-14)16(7-10-24-19)13-5-8-23-9-6-13/h1-12H,(H3,22,25,26). The summed E-state index contributed by atoms with van der Waals surface area (Å²) in [6.45, 7) is 0. The SMILES string of the molecule is Nc1n[nH]c2ccc(-c3ccc4nccc(-c5ccncc5)c4c3)cc12. The molecule has 5 heteroatoms. The van der Waals surface area contributed by atoms with Gasteiger partial charge >= 0.3 is 0 Å². The Hall–Kier alpha value is -3.73. The lowest BCUT2D eigenvalue weighted by molar-refractivity contribution is 1.13. The van der Waals surface area contributed by atoms with Gasteiger partial charge in [-0.15, -0.1) is 0 Å². The Morgan fingerprint density at radius 3 is 2.35 bits per heavy atom. The Labute approximate surface area is 149 Å². The summed E-state index contributed by atoms with van der Waals surface area (Å²) in [6.07, 6.45) is 5.46. The second-order valence-corrected chi connectivity index (χ2v) is 6.20. The molecule has 0 aliphatic heterocycles. The van der Waals surface area contributed by atoms with Crippen molar-refractivity contribution in [2.24, 2.45) is 0 Å². The third-order valence-corrected chi connectivity index (χ3v) is 4.66. The number of nitrogens with zero attached hydrogens (tertiary/aromatic N) is 3. The first-order valence-corrected chi connectivity index (χ1v) is 8.33. The maximum atomic E-state index is 5.96. The lowest BCUT2D eigenvalue weighted by Crippen LogP contribution is -1.87. The van der Waals surface area contributed by atoms with Crippen LogP contribution < -0.4 is 5.73 Å². The van der Waals surface area contributed by atoms with Gasteiger partial charge in [0.05, 0.1) is 11.0 Å². The van der Waals surface area contributed by atoms with E-state index in [9.17, 15) is 0 Å². The third-order valence-electron chi connectivity index (χ3n) is 4.66. The zero-order valence-electron chi connectivity index (χ0n) is 13.8. The molecule has 0 radical (unpaired) electrons. The van der Waals surface area contributed by atoms with Gasteiger partial charge in [-0.05, 0) is 64.7 Å². The van der Waals surface area contributed by atoms with Crippen LogP contribution >= 0.6 is 0 Å². The normalized spacial score (nSPS) is 11.2. The molecule has 0 aliphatic rings. The summed E-state index contributed by atoms with van der Waals surface area (Å²) in [5.74, 6) is 0.516. The molecule has 0 amide bonds. The van der Waals surface area contributed by atoms with Crippen LogP contribution in [0.2, 0.25) is 0 Å². The van der Waals surface area contributed by atoms with Crippen LogP contribution in [0.4, 0.5) is 5.82 Å². The average molecular weight is 337 g/mol. The Morgan fingerprint density at radius 1 is 0.731 bits per heavy atom. The van der Waals surface area contributed by atoms with Crippen LogP contribution in [0, 0.1) is 0 Å². The predicted octanol–water partition coefficient (Wildman–Crippen LogP) is 4.42. The highest BCUT2D eigenvalue weighted by atomic mass is 15.1. The van der Waals surface area contributed by atoms with Crippen LogP contribution in [-0.4, -0.2) is 20.2 Å². The van der Waals surface area contributed by atoms with E-state index >= 15 is 0 Å². The van der Waals surface area contributed by atoms with Crippen LogP contribution in [0.3, 0.4) is 0 Å². The second-order valence-electron chi connectivity index (χ2n) is 6.20. The van der Waals surface area contributed by atoms with Crippen molar-refractivity contribution < 1.29 is 0 Å². The number of nitrogens with one attached hydrogen (secondary N) is 1. The van der Waals surface area contributed by atoms with Crippen LogP contribution in [0.5, 0.6) is 0 Å². The zero-order chi connectivity index (χ0) is 17.5. The highest BCUT2D eigenvalue weighted by Gasteiger charge is 2.09. The minimum absolute atomic E-state index is 0.516. The van der Waals surface area contributed by atoms with Gasteiger partial charge in [0, 0.05) is 29.4 Å². The molecule has 0 saturated heterocycles. The minimum Gasteiger partial charge on any atom is -0.382 e. The van der Waals surface area contributed by atoms with Crippen LogP contribution in [-0.2, 0) is 0 Å². The maximum Gasteiger partial charge on any atom is 0.153 e. The van der Waals surface area contributed by atoms with E-state index in [0.717, 1.165) is 44.1 Å². The molecular formula is C21H15N5. The fraction of sp³-hybridized carbons (Fsp3) is 0. The lowest BCUT2D eigenvalue weighted by atomic mass is 9.97. The largest absolute Gasteiger partial charge is 0.382 e. The topological polar surface area (TPSA) is 80.5 Å².